The summed E-state index contributed by atoms with van der Waals surface area (Å²) in [7, 11) is 0. The van der Waals surface area contributed by atoms with E-state index in [1.165, 1.54) is 24.3 Å². The van der Waals surface area contributed by atoms with Crippen molar-refractivity contribution in [2.75, 3.05) is 0 Å². The van der Waals surface area contributed by atoms with Crippen LogP contribution in [0.3, 0.4) is 0 Å². The van der Waals surface area contributed by atoms with E-state index in [1.807, 2.05) is 0 Å². The van der Waals surface area contributed by atoms with Gasteiger partial charge in [-0.2, -0.15) is 0 Å². The van der Waals surface area contributed by atoms with E-state index in [1.54, 1.807) is 0 Å². The van der Waals surface area contributed by atoms with Gasteiger partial charge in [0.05, 0.1) is 11.1 Å². The van der Waals surface area contributed by atoms with E-state index in [2.05, 4.69) is 0 Å². The Morgan fingerprint density at radius 3 is 1.40 bits per heavy atom. The zero-order valence-corrected chi connectivity index (χ0v) is 11.3. The molecule has 0 unspecified atom stereocenters. The molecule has 78 valence electrons. The van der Waals surface area contributed by atoms with Crippen LogP contribution in [-0.2, 0) is 0 Å². The number of carboxylic acid groups (broad SMARTS) is 2. The Bertz CT molecular complexity index is 308. The molecule has 1 aromatic carbocycles. The smallest absolute Gasteiger partial charge is 1.00 e. The molecule has 0 saturated carbocycles. The first-order valence-electron chi connectivity index (χ1n) is 3.18. The molecule has 0 atom stereocenters. The maximum Gasteiger partial charge on any atom is 1.00 e. The second-order valence-corrected chi connectivity index (χ2v) is 2.16. The van der Waals surface area contributed by atoms with Gasteiger partial charge in [0.1, 0.15) is 0 Å². The summed E-state index contributed by atoms with van der Waals surface area (Å²) in [6.07, 6.45) is 0. The van der Waals surface area contributed by atoms with Gasteiger partial charge in [0.2, 0.25) is 0 Å². The monoisotopic (exact) mass is 256 g/mol. The fraction of sp³-hybridized carbons (Fsp3) is 0.111. The number of halogens is 1. The van der Waals surface area contributed by atoms with Gasteiger partial charge in [-0.3, -0.25) is 0 Å². The van der Waals surface area contributed by atoms with Crippen LogP contribution in [0.15, 0.2) is 24.3 Å². The molecule has 4 nitrogen and oxygen atoms in total. The number of carboxylic acids is 2. The van der Waals surface area contributed by atoms with E-state index in [0.29, 0.717) is 0 Å². The van der Waals surface area contributed by atoms with Crippen LogP contribution >= 0.6 is 0 Å². The second kappa shape index (κ2) is 9.32. The van der Waals surface area contributed by atoms with Crippen LogP contribution in [-0.4, -0.2) is 22.2 Å². The molecule has 0 heterocycles. The average molecular weight is 257 g/mol. The number of hydrogen-bond donors (Lipinski definition) is 2. The van der Waals surface area contributed by atoms with Gasteiger partial charge in [-0.25, -0.2) is 9.59 Å². The molecule has 15 heavy (non-hydrogen) atoms. The zero-order chi connectivity index (χ0) is 9.14. The Balaban J connectivity index is -0.000000480. The summed E-state index contributed by atoms with van der Waals surface area (Å²) in [6, 6.07) is 5.48. The molecule has 1 aromatic rings. The van der Waals surface area contributed by atoms with Crippen molar-refractivity contribution in [2.45, 2.75) is 7.43 Å². The van der Waals surface area contributed by atoms with Crippen molar-refractivity contribution < 1.29 is 83.6 Å². The Hall–Kier alpha value is 0.0864. The standard InChI is InChI=1S/C8H6O4.CH4.ClH.K/c9-7(10)5-3-1-2-4-6(5)8(11)12;;;/h1-4H,(H,9,10)(H,11,12);1H4;1H;/q;;;+1/p-1. The number of carbonyl (C=O) groups is 2. The van der Waals surface area contributed by atoms with E-state index in [0.717, 1.165) is 0 Å². The van der Waals surface area contributed by atoms with Crippen molar-refractivity contribution in [3.05, 3.63) is 35.4 Å². The van der Waals surface area contributed by atoms with Gasteiger partial charge in [-0.1, -0.05) is 19.6 Å². The van der Waals surface area contributed by atoms with Crippen LogP contribution in [0.4, 0.5) is 0 Å². The molecular weight excluding hydrogens is 247 g/mol. The topological polar surface area (TPSA) is 74.6 Å². The fourth-order valence-corrected chi connectivity index (χ4v) is 0.856. The molecule has 1 rings (SSSR count). The van der Waals surface area contributed by atoms with E-state index in [-0.39, 0.29) is 82.3 Å². The Labute approximate surface area is 137 Å². The maximum absolute atomic E-state index is 10.5. The van der Waals surface area contributed by atoms with Crippen molar-refractivity contribution in [3.8, 4) is 0 Å². The third-order valence-electron chi connectivity index (χ3n) is 1.39. The van der Waals surface area contributed by atoms with Crippen LogP contribution in [0.2, 0.25) is 0 Å². The minimum atomic E-state index is -1.23. The summed E-state index contributed by atoms with van der Waals surface area (Å²) in [5.41, 5.74) is -0.380. The predicted octanol–water partition coefficient (Wildman–Crippen LogP) is -4.27. The van der Waals surface area contributed by atoms with Crippen LogP contribution in [0, 0.1) is 0 Å². The predicted molar refractivity (Wildman–Crippen MR) is 47.1 cm³/mol. The minimum Gasteiger partial charge on any atom is -1.00 e. The third-order valence-corrected chi connectivity index (χ3v) is 1.39. The fourth-order valence-electron chi connectivity index (χ4n) is 0.856. The Morgan fingerprint density at radius 1 is 0.933 bits per heavy atom. The van der Waals surface area contributed by atoms with E-state index < -0.39 is 11.9 Å². The number of benzene rings is 1. The van der Waals surface area contributed by atoms with Gasteiger partial charge < -0.3 is 22.6 Å². The van der Waals surface area contributed by atoms with Crippen molar-refractivity contribution >= 4 is 11.9 Å². The summed E-state index contributed by atoms with van der Waals surface area (Å²) in [5.74, 6) is -2.46. The summed E-state index contributed by atoms with van der Waals surface area (Å²) in [5, 5.41) is 17.1. The number of hydrogen-bond acceptors (Lipinski definition) is 2. The van der Waals surface area contributed by atoms with Crippen molar-refractivity contribution in [2.24, 2.45) is 0 Å². The van der Waals surface area contributed by atoms with Crippen LogP contribution < -0.4 is 63.8 Å². The summed E-state index contributed by atoms with van der Waals surface area (Å²) < 4.78 is 0. The molecule has 0 aliphatic carbocycles. The first-order valence-corrected chi connectivity index (χ1v) is 3.18. The first kappa shape index (κ1) is 20.5. The molecule has 0 aromatic heterocycles. The largest absolute Gasteiger partial charge is 1.00 e. The van der Waals surface area contributed by atoms with Gasteiger partial charge in [0, 0.05) is 0 Å². The van der Waals surface area contributed by atoms with Gasteiger partial charge in [0.25, 0.3) is 0 Å². The molecule has 6 heteroatoms. The molecule has 0 aliphatic rings. The van der Waals surface area contributed by atoms with Gasteiger partial charge in [0.15, 0.2) is 0 Å². The molecule has 0 spiro atoms. The van der Waals surface area contributed by atoms with Crippen molar-refractivity contribution in [1.82, 2.24) is 0 Å². The van der Waals surface area contributed by atoms with Crippen LogP contribution in [0.5, 0.6) is 0 Å². The van der Waals surface area contributed by atoms with Gasteiger partial charge >= 0.3 is 63.3 Å². The summed E-state index contributed by atoms with van der Waals surface area (Å²) >= 11 is 0. The third kappa shape index (κ3) is 5.65. The number of rotatable bonds is 2. The van der Waals surface area contributed by atoms with Crippen LogP contribution in [0.1, 0.15) is 28.1 Å². The average Bonchev–Trinajstić information content (AvgIpc) is 2.04. The minimum absolute atomic E-state index is 0. The first-order chi connectivity index (χ1) is 5.63. The number of aromatic carboxylic acids is 2. The normalized spacial score (nSPS) is 7.47. The summed E-state index contributed by atoms with van der Waals surface area (Å²) in [6.45, 7) is 0. The molecule has 0 radical (unpaired) electrons. The SMILES string of the molecule is C.O=C(O)c1ccccc1C(=O)O.[Cl-].[K+]. The maximum atomic E-state index is 10.5. The van der Waals surface area contributed by atoms with Gasteiger partial charge in [-0.15, -0.1) is 0 Å². The summed E-state index contributed by atoms with van der Waals surface area (Å²) in [4.78, 5) is 20.9. The van der Waals surface area contributed by atoms with Crippen LogP contribution in [0.25, 0.3) is 0 Å². The van der Waals surface area contributed by atoms with E-state index in [9.17, 15) is 9.59 Å². The quantitative estimate of drug-likeness (QED) is 0.526. The Morgan fingerprint density at radius 2 is 1.20 bits per heavy atom. The van der Waals surface area contributed by atoms with Gasteiger partial charge in [-0.05, 0) is 12.1 Å². The molecule has 0 aliphatic heterocycles. The Kier molecular flexibility index (Phi) is 12.7. The van der Waals surface area contributed by atoms with Crippen molar-refractivity contribution in [3.63, 3.8) is 0 Å². The second-order valence-electron chi connectivity index (χ2n) is 2.16. The molecule has 0 bridgehead atoms. The molecular formula is C9H10ClKO4. The van der Waals surface area contributed by atoms with E-state index in [4.69, 9.17) is 10.2 Å². The molecule has 0 saturated heterocycles. The van der Waals surface area contributed by atoms with E-state index >= 15 is 0 Å². The molecule has 0 amide bonds. The molecule has 0 fully saturated rings. The molecule has 2 N–H and O–H groups in total. The van der Waals surface area contributed by atoms with Crippen molar-refractivity contribution in [1.29, 1.82) is 0 Å². The zero-order valence-electron chi connectivity index (χ0n) is 7.40.